The maximum atomic E-state index is 12.2. The highest BCUT2D eigenvalue weighted by molar-refractivity contribution is 5.99. The summed E-state index contributed by atoms with van der Waals surface area (Å²) in [5, 5.41) is 0. The van der Waals surface area contributed by atoms with E-state index in [2.05, 4.69) is 6.92 Å². The first kappa shape index (κ1) is 14.5. The number of rotatable bonds is 7. The molecule has 1 unspecified atom stereocenters. The zero-order valence-corrected chi connectivity index (χ0v) is 11.2. The Hall–Kier alpha value is -1.55. The van der Waals surface area contributed by atoms with E-state index in [0.29, 0.717) is 23.5 Å². The Bertz CT molecular complexity index is 404. The van der Waals surface area contributed by atoms with Crippen molar-refractivity contribution in [1.29, 1.82) is 0 Å². The van der Waals surface area contributed by atoms with Crippen LogP contribution in [0, 0.1) is 0 Å². The number of Topliss-reactive ketones (excluding diaryl/α,β-unsaturated/α-hetero) is 1. The number of methoxy groups -OCH3 is 2. The molecule has 0 saturated heterocycles. The fourth-order valence-electron chi connectivity index (χ4n) is 1.85. The maximum absolute atomic E-state index is 12.2. The lowest BCUT2D eigenvalue weighted by molar-refractivity contribution is 0.0970. The van der Waals surface area contributed by atoms with Crippen molar-refractivity contribution in [3.05, 3.63) is 23.8 Å². The van der Waals surface area contributed by atoms with Crippen LogP contribution < -0.4 is 15.2 Å². The molecule has 0 aromatic heterocycles. The maximum Gasteiger partial charge on any atom is 0.168 e. The minimum atomic E-state index is -0.0987. The highest BCUT2D eigenvalue weighted by atomic mass is 16.5. The van der Waals surface area contributed by atoms with Crippen LogP contribution in [0.5, 0.6) is 11.5 Å². The van der Waals surface area contributed by atoms with Gasteiger partial charge in [-0.15, -0.1) is 0 Å². The molecule has 2 N–H and O–H groups in total. The third-order valence-corrected chi connectivity index (χ3v) is 2.81. The van der Waals surface area contributed by atoms with E-state index in [4.69, 9.17) is 15.2 Å². The van der Waals surface area contributed by atoms with Crippen LogP contribution in [0.15, 0.2) is 18.2 Å². The van der Waals surface area contributed by atoms with Gasteiger partial charge in [0.15, 0.2) is 5.78 Å². The van der Waals surface area contributed by atoms with Crippen LogP contribution in [0.1, 0.15) is 36.5 Å². The Morgan fingerprint density at radius 1 is 1.33 bits per heavy atom. The fraction of sp³-hybridized carbons (Fsp3) is 0.500. The molecule has 0 radical (unpaired) electrons. The lowest BCUT2D eigenvalue weighted by Crippen LogP contribution is -2.23. The van der Waals surface area contributed by atoms with E-state index in [1.165, 1.54) is 0 Å². The van der Waals surface area contributed by atoms with E-state index in [1.54, 1.807) is 32.4 Å². The zero-order valence-electron chi connectivity index (χ0n) is 11.2. The number of hydrogen-bond acceptors (Lipinski definition) is 4. The summed E-state index contributed by atoms with van der Waals surface area (Å²) in [5.41, 5.74) is 6.42. The summed E-state index contributed by atoms with van der Waals surface area (Å²) in [6.45, 7) is 2.05. The van der Waals surface area contributed by atoms with E-state index >= 15 is 0 Å². The number of hydrogen-bond donors (Lipinski definition) is 1. The van der Waals surface area contributed by atoms with Crippen LogP contribution in [-0.4, -0.2) is 26.0 Å². The number of carbonyl (C=O) groups excluding carboxylic acids is 1. The van der Waals surface area contributed by atoms with Crippen molar-refractivity contribution in [2.75, 3.05) is 14.2 Å². The molecule has 0 fully saturated rings. The van der Waals surface area contributed by atoms with Crippen molar-refractivity contribution in [3.8, 4) is 11.5 Å². The molecule has 0 spiro atoms. The first-order valence-corrected chi connectivity index (χ1v) is 6.13. The van der Waals surface area contributed by atoms with Gasteiger partial charge in [-0.3, -0.25) is 4.79 Å². The molecular weight excluding hydrogens is 230 g/mol. The van der Waals surface area contributed by atoms with E-state index in [9.17, 15) is 4.79 Å². The van der Waals surface area contributed by atoms with E-state index in [-0.39, 0.29) is 11.8 Å². The number of ketones is 1. The summed E-state index contributed by atoms with van der Waals surface area (Å²) < 4.78 is 10.3. The molecule has 4 heteroatoms. The van der Waals surface area contributed by atoms with E-state index < -0.39 is 0 Å². The zero-order chi connectivity index (χ0) is 13.5. The number of benzene rings is 1. The standard InChI is InChI=1S/C14H21NO3/c1-4-5-10(15)8-13(16)12-9-11(17-2)6-7-14(12)18-3/h6-7,9-10H,4-5,8,15H2,1-3H3. The average molecular weight is 251 g/mol. The minimum absolute atomic E-state index is 0.00769. The van der Waals surface area contributed by atoms with Crippen molar-refractivity contribution in [3.63, 3.8) is 0 Å². The topological polar surface area (TPSA) is 61.6 Å². The minimum Gasteiger partial charge on any atom is -0.497 e. The third kappa shape index (κ3) is 3.74. The van der Waals surface area contributed by atoms with Crippen LogP contribution >= 0.6 is 0 Å². The van der Waals surface area contributed by atoms with Crippen molar-refractivity contribution in [2.45, 2.75) is 32.2 Å². The van der Waals surface area contributed by atoms with Crippen LogP contribution in [0.4, 0.5) is 0 Å². The fourth-order valence-corrected chi connectivity index (χ4v) is 1.85. The molecule has 0 heterocycles. The Morgan fingerprint density at radius 2 is 2.06 bits per heavy atom. The van der Waals surface area contributed by atoms with Crippen molar-refractivity contribution >= 4 is 5.78 Å². The van der Waals surface area contributed by atoms with Gasteiger partial charge in [-0.25, -0.2) is 0 Å². The molecule has 0 saturated carbocycles. The Morgan fingerprint density at radius 3 is 2.61 bits per heavy atom. The van der Waals surface area contributed by atoms with Gasteiger partial charge in [0, 0.05) is 12.5 Å². The predicted molar refractivity (Wildman–Crippen MR) is 71.4 cm³/mol. The second-order valence-corrected chi connectivity index (χ2v) is 4.24. The summed E-state index contributed by atoms with van der Waals surface area (Å²) in [6.07, 6.45) is 2.15. The van der Waals surface area contributed by atoms with Gasteiger partial charge in [-0.1, -0.05) is 13.3 Å². The first-order chi connectivity index (χ1) is 8.62. The highest BCUT2D eigenvalue weighted by Crippen LogP contribution is 2.25. The molecule has 0 aliphatic rings. The van der Waals surface area contributed by atoms with E-state index in [0.717, 1.165) is 12.8 Å². The van der Waals surface area contributed by atoms with E-state index in [1.807, 2.05) is 0 Å². The van der Waals surface area contributed by atoms with Crippen LogP contribution in [0.3, 0.4) is 0 Å². The van der Waals surface area contributed by atoms with Gasteiger partial charge in [0.2, 0.25) is 0 Å². The van der Waals surface area contributed by atoms with Crippen molar-refractivity contribution in [1.82, 2.24) is 0 Å². The molecule has 0 amide bonds. The SMILES string of the molecule is CCCC(N)CC(=O)c1cc(OC)ccc1OC. The summed E-state index contributed by atoms with van der Waals surface area (Å²) in [7, 11) is 3.11. The largest absolute Gasteiger partial charge is 0.497 e. The highest BCUT2D eigenvalue weighted by Gasteiger charge is 2.16. The average Bonchev–Trinajstić information content (AvgIpc) is 2.38. The van der Waals surface area contributed by atoms with Gasteiger partial charge in [-0.05, 0) is 24.6 Å². The lowest BCUT2D eigenvalue weighted by Gasteiger charge is -2.12. The second-order valence-electron chi connectivity index (χ2n) is 4.24. The second kappa shape index (κ2) is 7.01. The molecular formula is C14H21NO3. The quantitative estimate of drug-likeness (QED) is 0.756. The van der Waals surface area contributed by atoms with Gasteiger partial charge in [0.1, 0.15) is 11.5 Å². The van der Waals surface area contributed by atoms with Crippen LogP contribution in [0.25, 0.3) is 0 Å². The Kier molecular flexibility index (Phi) is 5.65. The smallest absolute Gasteiger partial charge is 0.168 e. The molecule has 18 heavy (non-hydrogen) atoms. The number of carbonyl (C=O) groups is 1. The monoisotopic (exact) mass is 251 g/mol. The van der Waals surface area contributed by atoms with Gasteiger partial charge >= 0.3 is 0 Å². The molecule has 1 rings (SSSR count). The Labute approximate surface area is 108 Å². The molecule has 1 atom stereocenters. The summed E-state index contributed by atoms with van der Waals surface area (Å²) in [5.74, 6) is 1.19. The first-order valence-electron chi connectivity index (χ1n) is 6.13. The molecule has 1 aromatic rings. The molecule has 1 aromatic carbocycles. The summed E-state index contributed by atoms with van der Waals surface area (Å²) >= 11 is 0. The van der Waals surface area contributed by atoms with Crippen LogP contribution in [0.2, 0.25) is 0 Å². The van der Waals surface area contributed by atoms with Crippen molar-refractivity contribution < 1.29 is 14.3 Å². The van der Waals surface area contributed by atoms with Gasteiger partial charge in [0.05, 0.1) is 19.8 Å². The molecule has 0 bridgehead atoms. The predicted octanol–water partition coefficient (Wildman–Crippen LogP) is 2.40. The summed E-state index contributed by atoms with van der Waals surface area (Å²) in [4.78, 5) is 12.2. The molecule has 0 aliphatic heterocycles. The molecule has 100 valence electrons. The normalized spacial score (nSPS) is 12.0. The van der Waals surface area contributed by atoms with Gasteiger partial charge in [0.25, 0.3) is 0 Å². The van der Waals surface area contributed by atoms with Gasteiger partial charge < -0.3 is 15.2 Å². The molecule has 4 nitrogen and oxygen atoms in total. The molecule has 0 aliphatic carbocycles. The number of nitrogens with two attached hydrogens (primary N) is 1. The third-order valence-electron chi connectivity index (χ3n) is 2.81. The summed E-state index contributed by atoms with van der Waals surface area (Å²) in [6, 6.07) is 5.09. The van der Waals surface area contributed by atoms with Crippen LogP contribution in [-0.2, 0) is 0 Å². The van der Waals surface area contributed by atoms with Gasteiger partial charge in [-0.2, -0.15) is 0 Å². The number of ether oxygens (including phenoxy) is 2. The van der Waals surface area contributed by atoms with Crippen molar-refractivity contribution in [2.24, 2.45) is 5.73 Å². The Balaban J connectivity index is 2.88. The lowest BCUT2D eigenvalue weighted by atomic mass is 10.0.